The summed E-state index contributed by atoms with van der Waals surface area (Å²) in [5.74, 6) is 1.68. The van der Waals surface area contributed by atoms with Crippen LogP contribution < -0.4 is 5.32 Å². The summed E-state index contributed by atoms with van der Waals surface area (Å²) < 4.78 is 1.03. The van der Waals surface area contributed by atoms with E-state index < -0.39 is 0 Å². The van der Waals surface area contributed by atoms with Crippen molar-refractivity contribution in [2.75, 3.05) is 12.4 Å². The number of rotatable bonds is 3. The standard InChI is InChI=1S/C10H11IN4S/c1-6-5-16-9(14-6)3-8-13-4-7(11)10(12-2)15-8/h4-5H,3H2,1-2H3,(H,12,13,15). The normalized spacial score (nSPS) is 10.4. The molecule has 2 rings (SSSR count). The molecule has 4 nitrogen and oxygen atoms in total. The van der Waals surface area contributed by atoms with Crippen molar-refractivity contribution in [1.82, 2.24) is 15.0 Å². The molecule has 0 saturated carbocycles. The molecule has 0 aliphatic carbocycles. The monoisotopic (exact) mass is 346 g/mol. The van der Waals surface area contributed by atoms with E-state index in [0.717, 1.165) is 25.9 Å². The van der Waals surface area contributed by atoms with E-state index in [0.29, 0.717) is 6.42 Å². The Hall–Kier alpha value is -0.760. The van der Waals surface area contributed by atoms with Crippen molar-refractivity contribution < 1.29 is 0 Å². The van der Waals surface area contributed by atoms with E-state index in [4.69, 9.17) is 0 Å². The molecule has 0 saturated heterocycles. The van der Waals surface area contributed by atoms with Crippen LogP contribution >= 0.6 is 33.9 Å². The van der Waals surface area contributed by atoms with Gasteiger partial charge in [-0.25, -0.2) is 15.0 Å². The second kappa shape index (κ2) is 5.05. The lowest BCUT2D eigenvalue weighted by atomic mass is 10.4. The Morgan fingerprint density at radius 1 is 1.44 bits per heavy atom. The number of halogens is 1. The van der Waals surface area contributed by atoms with Crippen LogP contribution in [0.3, 0.4) is 0 Å². The molecule has 0 aliphatic heterocycles. The van der Waals surface area contributed by atoms with Gasteiger partial charge in [0.2, 0.25) is 0 Å². The fourth-order valence-electron chi connectivity index (χ4n) is 1.28. The second-order valence-electron chi connectivity index (χ2n) is 3.29. The molecule has 0 amide bonds. The first-order valence-electron chi connectivity index (χ1n) is 4.79. The zero-order chi connectivity index (χ0) is 11.5. The van der Waals surface area contributed by atoms with Gasteiger partial charge in [0.05, 0.1) is 9.99 Å². The molecule has 0 aromatic carbocycles. The summed E-state index contributed by atoms with van der Waals surface area (Å²) in [5, 5.41) is 6.15. The number of anilines is 1. The Labute approximate surface area is 112 Å². The minimum Gasteiger partial charge on any atom is -0.372 e. The molecule has 0 radical (unpaired) electrons. The molecular weight excluding hydrogens is 335 g/mol. The summed E-state index contributed by atoms with van der Waals surface area (Å²) in [6, 6.07) is 0. The van der Waals surface area contributed by atoms with Crippen molar-refractivity contribution in [2.24, 2.45) is 0 Å². The molecule has 0 spiro atoms. The smallest absolute Gasteiger partial charge is 0.142 e. The molecule has 0 fully saturated rings. The SMILES string of the molecule is CNc1nc(Cc2nc(C)cs2)ncc1I. The Morgan fingerprint density at radius 2 is 2.25 bits per heavy atom. The highest BCUT2D eigenvalue weighted by Gasteiger charge is 2.06. The molecule has 0 bridgehead atoms. The molecule has 0 atom stereocenters. The molecule has 0 aliphatic rings. The van der Waals surface area contributed by atoms with Gasteiger partial charge in [-0.1, -0.05) is 0 Å². The Morgan fingerprint density at radius 3 is 2.88 bits per heavy atom. The van der Waals surface area contributed by atoms with Crippen molar-refractivity contribution in [3.8, 4) is 0 Å². The highest BCUT2D eigenvalue weighted by molar-refractivity contribution is 14.1. The summed E-state index contributed by atoms with van der Waals surface area (Å²) in [4.78, 5) is 13.1. The minimum absolute atomic E-state index is 0.699. The van der Waals surface area contributed by atoms with Crippen LogP contribution in [0.15, 0.2) is 11.6 Å². The molecule has 2 aromatic rings. The van der Waals surface area contributed by atoms with Gasteiger partial charge in [-0.15, -0.1) is 11.3 Å². The van der Waals surface area contributed by atoms with Crippen molar-refractivity contribution in [1.29, 1.82) is 0 Å². The van der Waals surface area contributed by atoms with Gasteiger partial charge in [0.15, 0.2) is 0 Å². The highest BCUT2D eigenvalue weighted by Crippen LogP contribution is 2.16. The average Bonchev–Trinajstić information content (AvgIpc) is 2.67. The van der Waals surface area contributed by atoms with Crippen LogP contribution in [0.2, 0.25) is 0 Å². The highest BCUT2D eigenvalue weighted by atomic mass is 127. The zero-order valence-electron chi connectivity index (χ0n) is 8.99. The zero-order valence-corrected chi connectivity index (χ0v) is 12.0. The average molecular weight is 346 g/mol. The predicted molar refractivity (Wildman–Crippen MR) is 74.0 cm³/mol. The van der Waals surface area contributed by atoms with Crippen molar-refractivity contribution in [3.05, 3.63) is 31.7 Å². The van der Waals surface area contributed by atoms with Crippen LogP contribution in [0.4, 0.5) is 5.82 Å². The maximum Gasteiger partial charge on any atom is 0.142 e. The number of thiazole rings is 1. The molecule has 6 heteroatoms. The maximum atomic E-state index is 4.43. The van der Waals surface area contributed by atoms with Crippen LogP contribution in [0.5, 0.6) is 0 Å². The molecular formula is C10H11IN4S. The van der Waals surface area contributed by atoms with Crippen LogP contribution in [0.1, 0.15) is 16.5 Å². The van der Waals surface area contributed by atoms with E-state index >= 15 is 0 Å². The fourth-order valence-corrected chi connectivity index (χ4v) is 2.58. The van der Waals surface area contributed by atoms with Gasteiger partial charge in [0, 0.05) is 24.3 Å². The first-order chi connectivity index (χ1) is 7.69. The predicted octanol–water partition coefficient (Wildman–Crippen LogP) is 2.48. The largest absolute Gasteiger partial charge is 0.372 e. The fraction of sp³-hybridized carbons (Fsp3) is 0.300. The lowest BCUT2D eigenvalue weighted by Gasteiger charge is -2.03. The van der Waals surface area contributed by atoms with E-state index in [1.54, 1.807) is 11.3 Å². The summed E-state index contributed by atoms with van der Waals surface area (Å²) in [5.41, 5.74) is 1.05. The van der Waals surface area contributed by atoms with Crippen LogP contribution in [0.25, 0.3) is 0 Å². The number of aryl methyl sites for hydroxylation is 1. The third-order valence-electron chi connectivity index (χ3n) is 2.01. The molecule has 1 N–H and O–H groups in total. The first kappa shape index (κ1) is 11.7. The van der Waals surface area contributed by atoms with Crippen LogP contribution in [-0.2, 0) is 6.42 Å². The Kier molecular flexibility index (Phi) is 3.70. The summed E-state index contributed by atoms with van der Waals surface area (Å²) in [6.07, 6.45) is 2.53. The first-order valence-corrected chi connectivity index (χ1v) is 6.75. The maximum absolute atomic E-state index is 4.43. The summed E-state index contributed by atoms with van der Waals surface area (Å²) >= 11 is 3.86. The third-order valence-corrected chi connectivity index (χ3v) is 3.76. The van der Waals surface area contributed by atoms with Gasteiger partial charge in [-0.2, -0.15) is 0 Å². The Bertz CT molecular complexity index is 497. The lowest BCUT2D eigenvalue weighted by Crippen LogP contribution is -2.02. The van der Waals surface area contributed by atoms with Crippen LogP contribution in [0, 0.1) is 10.5 Å². The number of hydrogen-bond donors (Lipinski definition) is 1. The number of nitrogens with one attached hydrogen (secondary N) is 1. The van der Waals surface area contributed by atoms with E-state index in [2.05, 4.69) is 42.9 Å². The van der Waals surface area contributed by atoms with Gasteiger partial charge in [-0.05, 0) is 29.5 Å². The topological polar surface area (TPSA) is 50.7 Å². The number of aromatic nitrogens is 3. The molecule has 84 valence electrons. The summed E-state index contributed by atoms with van der Waals surface area (Å²) in [6.45, 7) is 1.99. The van der Waals surface area contributed by atoms with Gasteiger partial charge in [0.1, 0.15) is 16.6 Å². The van der Waals surface area contributed by atoms with E-state index in [-0.39, 0.29) is 0 Å². The van der Waals surface area contributed by atoms with Gasteiger partial charge < -0.3 is 5.32 Å². The van der Waals surface area contributed by atoms with Gasteiger partial charge >= 0.3 is 0 Å². The van der Waals surface area contributed by atoms with Gasteiger partial charge in [-0.3, -0.25) is 0 Å². The van der Waals surface area contributed by atoms with Crippen molar-refractivity contribution >= 4 is 39.7 Å². The minimum atomic E-state index is 0.699. The molecule has 0 unspecified atom stereocenters. The van der Waals surface area contributed by atoms with Gasteiger partial charge in [0.25, 0.3) is 0 Å². The van der Waals surface area contributed by atoms with E-state index in [9.17, 15) is 0 Å². The van der Waals surface area contributed by atoms with E-state index in [1.165, 1.54) is 0 Å². The van der Waals surface area contributed by atoms with Crippen molar-refractivity contribution in [3.63, 3.8) is 0 Å². The molecule has 2 heterocycles. The Balaban J connectivity index is 2.21. The lowest BCUT2D eigenvalue weighted by molar-refractivity contribution is 0.948. The summed E-state index contributed by atoms with van der Waals surface area (Å²) in [7, 11) is 1.86. The molecule has 2 aromatic heterocycles. The van der Waals surface area contributed by atoms with Crippen LogP contribution in [-0.4, -0.2) is 22.0 Å². The number of nitrogens with zero attached hydrogens (tertiary/aromatic N) is 3. The van der Waals surface area contributed by atoms with Crippen molar-refractivity contribution in [2.45, 2.75) is 13.3 Å². The van der Waals surface area contributed by atoms with E-state index in [1.807, 2.05) is 25.5 Å². The quantitative estimate of drug-likeness (QED) is 0.868. The molecule has 16 heavy (non-hydrogen) atoms. The number of hydrogen-bond acceptors (Lipinski definition) is 5. The third kappa shape index (κ3) is 2.67. The second-order valence-corrected chi connectivity index (χ2v) is 5.40.